The van der Waals surface area contributed by atoms with Gasteiger partial charge in [-0.15, -0.1) is 0 Å². The Morgan fingerprint density at radius 3 is 2.87 bits per heavy atom. The van der Waals surface area contributed by atoms with E-state index in [0.29, 0.717) is 19.6 Å². The molecule has 118 valence electrons. The molecule has 0 saturated heterocycles. The first-order chi connectivity index (χ1) is 11.3. The normalized spacial score (nSPS) is 17.5. The van der Waals surface area contributed by atoms with Gasteiger partial charge >= 0.3 is 0 Å². The third-order valence-electron chi connectivity index (χ3n) is 4.16. The summed E-state index contributed by atoms with van der Waals surface area (Å²) in [4.78, 5) is 12.2. The summed E-state index contributed by atoms with van der Waals surface area (Å²) in [5.74, 6) is 2.52. The van der Waals surface area contributed by atoms with Gasteiger partial charge in [0.1, 0.15) is 5.75 Å². The number of para-hydroxylation sites is 1. The summed E-state index contributed by atoms with van der Waals surface area (Å²) >= 11 is 0. The molecular formula is C18H17NO4. The molecule has 2 aromatic rings. The zero-order chi connectivity index (χ0) is 15.6. The summed E-state index contributed by atoms with van der Waals surface area (Å²) in [5.41, 5.74) is 2.11. The molecule has 0 bridgehead atoms. The number of carbonyl (C=O) groups is 1. The van der Waals surface area contributed by atoms with Gasteiger partial charge in [0.05, 0.1) is 6.61 Å². The minimum atomic E-state index is 0.0213. The zero-order valence-corrected chi connectivity index (χ0v) is 12.6. The Kier molecular flexibility index (Phi) is 3.54. The SMILES string of the molecule is O=C(CC1COc2ccccc21)NCc1ccc2c(c1)OCO2. The van der Waals surface area contributed by atoms with E-state index < -0.39 is 0 Å². The van der Waals surface area contributed by atoms with Crippen molar-refractivity contribution < 1.29 is 19.0 Å². The highest BCUT2D eigenvalue weighted by Crippen LogP contribution is 2.35. The average Bonchev–Trinajstić information content (AvgIpc) is 3.20. The highest BCUT2D eigenvalue weighted by Gasteiger charge is 2.25. The Balaban J connectivity index is 1.34. The average molecular weight is 311 g/mol. The van der Waals surface area contributed by atoms with E-state index in [2.05, 4.69) is 5.32 Å². The van der Waals surface area contributed by atoms with Gasteiger partial charge in [-0.1, -0.05) is 24.3 Å². The lowest BCUT2D eigenvalue weighted by Crippen LogP contribution is -2.25. The molecule has 0 saturated carbocycles. The quantitative estimate of drug-likeness (QED) is 0.943. The van der Waals surface area contributed by atoms with Crippen LogP contribution in [0, 0.1) is 0 Å². The number of nitrogens with one attached hydrogen (secondary N) is 1. The maximum absolute atomic E-state index is 12.2. The topological polar surface area (TPSA) is 56.8 Å². The molecule has 2 aliphatic heterocycles. The molecule has 0 fully saturated rings. The molecule has 1 unspecified atom stereocenters. The van der Waals surface area contributed by atoms with Gasteiger partial charge in [-0.25, -0.2) is 0 Å². The minimum Gasteiger partial charge on any atom is -0.493 e. The molecule has 2 heterocycles. The number of hydrogen-bond donors (Lipinski definition) is 1. The van der Waals surface area contributed by atoms with Crippen molar-refractivity contribution >= 4 is 5.91 Å². The van der Waals surface area contributed by atoms with Crippen molar-refractivity contribution in [3.63, 3.8) is 0 Å². The van der Waals surface area contributed by atoms with Gasteiger partial charge in [-0.3, -0.25) is 4.79 Å². The number of carbonyl (C=O) groups excluding carboxylic acids is 1. The van der Waals surface area contributed by atoms with Crippen molar-refractivity contribution in [2.75, 3.05) is 13.4 Å². The fourth-order valence-electron chi connectivity index (χ4n) is 2.95. The van der Waals surface area contributed by atoms with E-state index in [1.54, 1.807) is 0 Å². The van der Waals surface area contributed by atoms with E-state index in [-0.39, 0.29) is 18.6 Å². The lowest BCUT2D eigenvalue weighted by atomic mass is 9.97. The van der Waals surface area contributed by atoms with E-state index in [0.717, 1.165) is 28.4 Å². The number of rotatable bonds is 4. The molecule has 1 N–H and O–H groups in total. The number of benzene rings is 2. The van der Waals surface area contributed by atoms with Crippen LogP contribution < -0.4 is 19.5 Å². The number of ether oxygens (including phenoxy) is 3. The van der Waals surface area contributed by atoms with Crippen LogP contribution in [0.3, 0.4) is 0 Å². The third kappa shape index (κ3) is 2.82. The van der Waals surface area contributed by atoms with Crippen LogP contribution >= 0.6 is 0 Å². The second kappa shape index (κ2) is 5.83. The maximum Gasteiger partial charge on any atom is 0.231 e. The van der Waals surface area contributed by atoms with Crippen LogP contribution in [0.15, 0.2) is 42.5 Å². The molecule has 23 heavy (non-hydrogen) atoms. The van der Waals surface area contributed by atoms with Crippen LogP contribution in [-0.2, 0) is 11.3 Å². The third-order valence-corrected chi connectivity index (χ3v) is 4.16. The Labute approximate surface area is 134 Å². The van der Waals surface area contributed by atoms with Crippen LogP contribution in [-0.4, -0.2) is 19.3 Å². The fraction of sp³-hybridized carbons (Fsp3) is 0.278. The molecule has 1 amide bonds. The number of amides is 1. The molecular weight excluding hydrogens is 294 g/mol. The molecule has 2 aliphatic rings. The first-order valence-electron chi connectivity index (χ1n) is 7.66. The lowest BCUT2D eigenvalue weighted by molar-refractivity contribution is -0.121. The van der Waals surface area contributed by atoms with Crippen LogP contribution in [0.2, 0.25) is 0 Å². The van der Waals surface area contributed by atoms with Gasteiger partial charge in [0.25, 0.3) is 0 Å². The van der Waals surface area contributed by atoms with E-state index in [1.165, 1.54) is 0 Å². The summed E-state index contributed by atoms with van der Waals surface area (Å²) in [6, 6.07) is 13.6. The Morgan fingerprint density at radius 1 is 1.04 bits per heavy atom. The molecule has 0 spiro atoms. The van der Waals surface area contributed by atoms with Crippen molar-refractivity contribution in [1.29, 1.82) is 0 Å². The Bertz CT molecular complexity index is 744. The van der Waals surface area contributed by atoms with Crippen LogP contribution in [0.4, 0.5) is 0 Å². The van der Waals surface area contributed by atoms with Crippen LogP contribution in [0.5, 0.6) is 17.2 Å². The van der Waals surface area contributed by atoms with Gasteiger partial charge < -0.3 is 19.5 Å². The molecule has 5 nitrogen and oxygen atoms in total. The second-order valence-corrected chi connectivity index (χ2v) is 5.71. The highest BCUT2D eigenvalue weighted by molar-refractivity contribution is 5.77. The van der Waals surface area contributed by atoms with Gasteiger partial charge in [0.15, 0.2) is 11.5 Å². The first-order valence-corrected chi connectivity index (χ1v) is 7.66. The van der Waals surface area contributed by atoms with Gasteiger partial charge in [-0.05, 0) is 23.8 Å². The van der Waals surface area contributed by atoms with Gasteiger partial charge in [0.2, 0.25) is 12.7 Å². The largest absolute Gasteiger partial charge is 0.493 e. The summed E-state index contributed by atoms with van der Waals surface area (Å²) in [5, 5.41) is 2.96. The Hall–Kier alpha value is -2.69. The molecule has 0 radical (unpaired) electrons. The molecule has 5 heteroatoms. The molecule has 2 aromatic carbocycles. The van der Waals surface area contributed by atoms with E-state index >= 15 is 0 Å². The Morgan fingerprint density at radius 2 is 1.91 bits per heavy atom. The molecule has 1 atom stereocenters. The smallest absolute Gasteiger partial charge is 0.231 e. The summed E-state index contributed by atoms with van der Waals surface area (Å²) in [6.07, 6.45) is 0.432. The monoisotopic (exact) mass is 311 g/mol. The molecule has 4 rings (SSSR count). The number of hydrogen-bond acceptors (Lipinski definition) is 4. The van der Waals surface area contributed by atoms with Gasteiger partial charge in [0, 0.05) is 24.4 Å². The van der Waals surface area contributed by atoms with E-state index in [1.807, 2.05) is 42.5 Å². The van der Waals surface area contributed by atoms with E-state index in [9.17, 15) is 4.79 Å². The second-order valence-electron chi connectivity index (χ2n) is 5.71. The molecule has 0 aromatic heterocycles. The summed E-state index contributed by atoms with van der Waals surface area (Å²) in [7, 11) is 0. The predicted octanol–water partition coefficient (Wildman–Crippen LogP) is 2.60. The van der Waals surface area contributed by atoms with Crippen molar-refractivity contribution in [3.8, 4) is 17.2 Å². The van der Waals surface area contributed by atoms with Crippen molar-refractivity contribution in [1.82, 2.24) is 5.32 Å². The van der Waals surface area contributed by atoms with Crippen molar-refractivity contribution in [2.45, 2.75) is 18.9 Å². The molecule has 0 aliphatic carbocycles. The predicted molar refractivity (Wildman–Crippen MR) is 83.7 cm³/mol. The standard InChI is InChI=1S/C18H17NO4/c20-18(8-13-10-21-15-4-2-1-3-14(13)15)19-9-12-5-6-16-17(7-12)23-11-22-16/h1-7,13H,8-11H2,(H,19,20). The maximum atomic E-state index is 12.2. The summed E-state index contributed by atoms with van der Waals surface area (Å²) < 4.78 is 16.2. The highest BCUT2D eigenvalue weighted by atomic mass is 16.7. The van der Waals surface area contributed by atoms with Crippen molar-refractivity contribution in [3.05, 3.63) is 53.6 Å². The van der Waals surface area contributed by atoms with Crippen molar-refractivity contribution in [2.24, 2.45) is 0 Å². The van der Waals surface area contributed by atoms with Gasteiger partial charge in [-0.2, -0.15) is 0 Å². The summed E-state index contributed by atoms with van der Waals surface area (Å²) in [6.45, 7) is 1.30. The first kappa shape index (κ1) is 13.9. The zero-order valence-electron chi connectivity index (χ0n) is 12.6. The van der Waals surface area contributed by atoms with E-state index in [4.69, 9.17) is 14.2 Å². The fourth-order valence-corrected chi connectivity index (χ4v) is 2.95. The number of fused-ring (bicyclic) bond motifs is 2. The minimum absolute atomic E-state index is 0.0213. The lowest BCUT2D eigenvalue weighted by Gasteiger charge is -2.10. The van der Waals surface area contributed by atoms with Crippen LogP contribution in [0.25, 0.3) is 0 Å². The van der Waals surface area contributed by atoms with Crippen LogP contribution in [0.1, 0.15) is 23.5 Å².